The largest absolute Gasteiger partial charge is 0.390 e. The quantitative estimate of drug-likeness (QED) is 0.826. The van der Waals surface area contributed by atoms with E-state index in [-0.39, 0.29) is 0 Å². The molecule has 1 fully saturated rings. The van der Waals surface area contributed by atoms with E-state index in [1.165, 1.54) is 5.69 Å². The number of piperidine rings is 1. The van der Waals surface area contributed by atoms with Gasteiger partial charge in [-0.2, -0.15) is 0 Å². The van der Waals surface area contributed by atoms with Crippen LogP contribution in [0.1, 0.15) is 26.7 Å². The molecule has 2 rings (SSSR count). The van der Waals surface area contributed by atoms with Gasteiger partial charge in [0.15, 0.2) is 0 Å². The molecule has 88 valence electrons. The summed E-state index contributed by atoms with van der Waals surface area (Å²) in [5.74, 6) is 0.437. The minimum atomic E-state index is -0.525. The van der Waals surface area contributed by atoms with Gasteiger partial charge in [0.25, 0.3) is 0 Å². The van der Waals surface area contributed by atoms with Crippen molar-refractivity contribution in [1.29, 1.82) is 0 Å². The number of nitrogens with zero attached hydrogens (tertiary/aromatic N) is 1. The van der Waals surface area contributed by atoms with Gasteiger partial charge in [-0.3, -0.25) is 0 Å². The molecule has 1 aromatic rings. The van der Waals surface area contributed by atoms with Gasteiger partial charge in [0.05, 0.1) is 5.60 Å². The van der Waals surface area contributed by atoms with E-state index >= 15 is 0 Å². The Morgan fingerprint density at radius 3 is 2.19 bits per heavy atom. The smallest absolute Gasteiger partial charge is 0.0621 e. The minimum Gasteiger partial charge on any atom is -0.390 e. The highest BCUT2D eigenvalue weighted by atomic mass is 16.3. The molecule has 16 heavy (non-hydrogen) atoms. The lowest BCUT2D eigenvalue weighted by Gasteiger charge is -2.38. The van der Waals surface area contributed by atoms with Crippen LogP contribution < -0.4 is 4.90 Å². The average molecular weight is 219 g/mol. The fraction of sp³-hybridized carbons (Fsp3) is 0.571. The fourth-order valence-corrected chi connectivity index (χ4v) is 2.48. The number of benzene rings is 1. The van der Waals surface area contributed by atoms with E-state index in [1.807, 2.05) is 19.9 Å². The Labute approximate surface area is 97.9 Å². The molecule has 1 aromatic carbocycles. The van der Waals surface area contributed by atoms with E-state index in [0.29, 0.717) is 5.92 Å². The zero-order valence-corrected chi connectivity index (χ0v) is 10.2. The number of hydrogen-bond donors (Lipinski definition) is 1. The Morgan fingerprint density at radius 1 is 1.12 bits per heavy atom. The van der Waals surface area contributed by atoms with Gasteiger partial charge >= 0.3 is 0 Å². The van der Waals surface area contributed by atoms with Crippen LogP contribution in [0.25, 0.3) is 0 Å². The second kappa shape index (κ2) is 4.46. The molecule has 0 aliphatic carbocycles. The highest BCUT2D eigenvalue weighted by Crippen LogP contribution is 2.29. The van der Waals surface area contributed by atoms with E-state index in [0.717, 1.165) is 25.9 Å². The van der Waals surface area contributed by atoms with Crippen molar-refractivity contribution in [2.75, 3.05) is 18.0 Å². The summed E-state index contributed by atoms with van der Waals surface area (Å²) in [4.78, 5) is 2.41. The molecule has 1 aliphatic rings. The summed E-state index contributed by atoms with van der Waals surface area (Å²) in [5, 5.41) is 9.98. The highest BCUT2D eigenvalue weighted by Gasteiger charge is 2.30. The van der Waals surface area contributed by atoms with Crippen molar-refractivity contribution in [1.82, 2.24) is 0 Å². The monoisotopic (exact) mass is 219 g/mol. The van der Waals surface area contributed by atoms with Crippen LogP contribution in [0.4, 0.5) is 5.69 Å². The molecule has 0 atom stereocenters. The van der Waals surface area contributed by atoms with Crippen LogP contribution in [0.5, 0.6) is 0 Å². The van der Waals surface area contributed by atoms with Crippen molar-refractivity contribution in [3.05, 3.63) is 30.3 Å². The Hall–Kier alpha value is -1.02. The fourth-order valence-electron chi connectivity index (χ4n) is 2.48. The molecule has 0 radical (unpaired) electrons. The lowest BCUT2D eigenvalue weighted by atomic mass is 9.83. The van der Waals surface area contributed by atoms with Crippen LogP contribution in [-0.2, 0) is 0 Å². The van der Waals surface area contributed by atoms with Crippen LogP contribution in [-0.4, -0.2) is 23.8 Å². The van der Waals surface area contributed by atoms with Crippen LogP contribution in [0.15, 0.2) is 30.3 Å². The van der Waals surface area contributed by atoms with Gasteiger partial charge in [-0.25, -0.2) is 0 Å². The maximum atomic E-state index is 9.98. The third-order valence-corrected chi connectivity index (χ3v) is 3.62. The average Bonchev–Trinajstić information content (AvgIpc) is 2.29. The molecule has 0 saturated carbocycles. The molecule has 0 bridgehead atoms. The molecule has 1 aliphatic heterocycles. The summed E-state index contributed by atoms with van der Waals surface area (Å²) in [5.41, 5.74) is 0.777. The van der Waals surface area contributed by atoms with Crippen molar-refractivity contribution >= 4 is 5.69 Å². The topological polar surface area (TPSA) is 23.5 Å². The molecular weight excluding hydrogens is 198 g/mol. The second-order valence-electron chi connectivity index (χ2n) is 5.25. The highest BCUT2D eigenvalue weighted by molar-refractivity contribution is 5.46. The van der Waals surface area contributed by atoms with Crippen LogP contribution in [0.3, 0.4) is 0 Å². The minimum absolute atomic E-state index is 0.437. The van der Waals surface area contributed by atoms with E-state index < -0.39 is 5.60 Å². The third-order valence-electron chi connectivity index (χ3n) is 3.62. The van der Waals surface area contributed by atoms with E-state index in [2.05, 4.69) is 29.2 Å². The summed E-state index contributed by atoms with van der Waals surface area (Å²) < 4.78 is 0. The van der Waals surface area contributed by atoms with Crippen LogP contribution >= 0.6 is 0 Å². The molecule has 1 saturated heterocycles. The number of rotatable bonds is 2. The summed E-state index contributed by atoms with van der Waals surface area (Å²) >= 11 is 0. The SMILES string of the molecule is CC(C)(O)C1CCN(c2ccccc2)CC1. The third kappa shape index (κ3) is 2.56. The standard InChI is InChI=1S/C14H21NO/c1-14(2,16)12-8-10-15(11-9-12)13-6-4-3-5-7-13/h3-7,12,16H,8-11H2,1-2H3. The predicted octanol–water partition coefficient (Wildman–Crippen LogP) is 2.67. The van der Waals surface area contributed by atoms with Gasteiger partial charge in [0.2, 0.25) is 0 Å². The van der Waals surface area contributed by atoms with Crippen molar-refractivity contribution in [2.45, 2.75) is 32.3 Å². The maximum Gasteiger partial charge on any atom is 0.0621 e. The first-order valence-electron chi connectivity index (χ1n) is 6.10. The van der Waals surface area contributed by atoms with E-state index in [1.54, 1.807) is 0 Å². The molecule has 0 spiro atoms. The summed E-state index contributed by atoms with van der Waals surface area (Å²) in [6, 6.07) is 10.5. The van der Waals surface area contributed by atoms with Crippen molar-refractivity contribution < 1.29 is 5.11 Å². The van der Waals surface area contributed by atoms with Gasteiger partial charge in [-0.15, -0.1) is 0 Å². The molecule has 2 nitrogen and oxygen atoms in total. The summed E-state index contributed by atoms with van der Waals surface area (Å²) in [6.45, 7) is 5.96. The van der Waals surface area contributed by atoms with Crippen molar-refractivity contribution in [2.24, 2.45) is 5.92 Å². The zero-order valence-electron chi connectivity index (χ0n) is 10.2. The van der Waals surface area contributed by atoms with E-state index in [4.69, 9.17) is 0 Å². The van der Waals surface area contributed by atoms with Gasteiger partial charge in [-0.05, 0) is 44.7 Å². The lowest BCUT2D eigenvalue weighted by Crippen LogP contribution is -2.41. The number of anilines is 1. The van der Waals surface area contributed by atoms with Gasteiger partial charge in [0, 0.05) is 18.8 Å². The Balaban J connectivity index is 1.96. The van der Waals surface area contributed by atoms with Gasteiger partial charge < -0.3 is 10.0 Å². The molecule has 1 N–H and O–H groups in total. The summed E-state index contributed by atoms with van der Waals surface area (Å²) in [7, 11) is 0. The van der Waals surface area contributed by atoms with Gasteiger partial charge in [-0.1, -0.05) is 18.2 Å². The van der Waals surface area contributed by atoms with Crippen LogP contribution in [0, 0.1) is 5.92 Å². The molecule has 0 amide bonds. The molecule has 1 heterocycles. The normalized spacial score (nSPS) is 18.8. The van der Waals surface area contributed by atoms with Crippen molar-refractivity contribution in [3.8, 4) is 0 Å². The molecule has 0 aromatic heterocycles. The van der Waals surface area contributed by atoms with E-state index in [9.17, 15) is 5.11 Å². The second-order valence-corrected chi connectivity index (χ2v) is 5.25. The molecular formula is C14H21NO. The Morgan fingerprint density at radius 2 is 1.69 bits per heavy atom. The first-order chi connectivity index (χ1) is 7.57. The van der Waals surface area contributed by atoms with Crippen LogP contribution in [0.2, 0.25) is 0 Å². The zero-order chi connectivity index (χ0) is 11.6. The first-order valence-corrected chi connectivity index (χ1v) is 6.10. The summed E-state index contributed by atoms with van der Waals surface area (Å²) in [6.07, 6.45) is 2.16. The molecule has 2 heteroatoms. The Kier molecular flexibility index (Phi) is 3.20. The maximum absolute atomic E-state index is 9.98. The number of hydrogen-bond acceptors (Lipinski definition) is 2. The lowest BCUT2D eigenvalue weighted by molar-refractivity contribution is 0.00652. The first kappa shape index (κ1) is 11.5. The Bertz CT molecular complexity index is 320. The molecule has 0 unspecified atom stereocenters. The number of aliphatic hydroxyl groups is 1. The van der Waals surface area contributed by atoms with Crippen molar-refractivity contribution in [3.63, 3.8) is 0 Å². The number of para-hydroxylation sites is 1. The predicted molar refractivity (Wildman–Crippen MR) is 67.7 cm³/mol. The van der Waals surface area contributed by atoms with Gasteiger partial charge in [0.1, 0.15) is 0 Å².